The average molecular weight is 281 g/mol. The molecular formula is C9H21Cl3NP. The van der Waals surface area contributed by atoms with Crippen LogP contribution in [0.25, 0.3) is 0 Å². The SMILES string of the molecule is CC(C)(CCCP(C)(C)(C)Cl)N(Cl)Cl. The van der Waals surface area contributed by atoms with Gasteiger partial charge in [0.25, 0.3) is 0 Å². The first-order chi connectivity index (χ1) is 5.90. The Labute approximate surface area is 103 Å². The van der Waals surface area contributed by atoms with Gasteiger partial charge in [0, 0.05) is 0 Å². The average Bonchev–Trinajstić information content (AvgIpc) is 1.80. The first-order valence-electron chi connectivity index (χ1n) is 4.74. The van der Waals surface area contributed by atoms with Crippen molar-refractivity contribution in [3.8, 4) is 0 Å². The van der Waals surface area contributed by atoms with Crippen LogP contribution in [-0.4, -0.2) is 35.6 Å². The van der Waals surface area contributed by atoms with Crippen LogP contribution in [0.1, 0.15) is 26.7 Å². The van der Waals surface area contributed by atoms with Gasteiger partial charge in [-0.15, -0.1) is 0 Å². The first-order valence-corrected chi connectivity index (χ1v) is 10.1. The molecule has 0 aliphatic heterocycles. The molecule has 0 heterocycles. The van der Waals surface area contributed by atoms with Crippen molar-refractivity contribution in [3.05, 3.63) is 0 Å². The molecule has 0 aromatic carbocycles. The summed E-state index contributed by atoms with van der Waals surface area (Å²) in [5.74, 6) is -1.88. The fourth-order valence-electron chi connectivity index (χ4n) is 1.13. The zero-order chi connectivity index (χ0) is 11.6. The van der Waals surface area contributed by atoms with Crippen molar-refractivity contribution in [2.45, 2.75) is 32.2 Å². The van der Waals surface area contributed by atoms with Crippen molar-refractivity contribution in [1.29, 1.82) is 0 Å². The third-order valence-electron chi connectivity index (χ3n) is 2.16. The molecule has 0 rings (SSSR count). The topological polar surface area (TPSA) is 3.24 Å². The van der Waals surface area contributed by atoms with Gasteiger partial charge in [-0.05, 0) is 0 Å². The van der Waals surface area contributed by atoms with Crippen LogP contribution in [-0.2, 0) is 0 Å². The van der Waals surface area contributed by atoms with Crippen molar-refractivity contribution >= 4 is 40.8 Å². The van der Waals surface area contributed by atoms with E-state index in [4.69, 9.17) is 34.8 Å². The Morgan fingerprint density at radius 1 is 1.14 bits per heavy atom. The Kier molecular flexibility index (Phi) is 5.05. The van der Waals surface area contributed by atoms with Crippen LogP contribution in [0.5, 0.6) is 0 Å². The van der Waals surface area contributed by atoms with Gasteiger partial charge in [0.1, 0.15) is 0 Å². The van der Waals surface area contributed by atoms with E-state index in [1.807, 2.05) is 13.8 Å². The molecule has 0 atom stereocenters. The fraction of sp³-hybridized carbons (Fsp3) is 1.00. The Bertz CT molecular complexity index is 187. The predicted molar refractivity (Wildman–Crippen MR) is 72.3 cm³/mol. The van der Waals surface area contributed by atoms with Crippen molar-refractivity contribution in [1.82, 2.24) is 3.94 Å². The Hall–Kier alpha value is 1.26. The molecule has 0 bridgehead atoms. The molecule has 0 fully saturated rings. The summed E-state index contributed by atoms with van der Waals surface area (Å²) < 4.78 is 1.23. The van der Waals surface area contributed by atoms with Gasteiger partial charge in [-0.25, -0.2) is 0 Å². The third-order valence-corrected chi connectivity index (χ3v) is 5.41. The molecule has 0 amide bonds. The van der Waals surface area contributed by atoms with Gasteiger partial charge < -0.3 is 0 Å². The number of hydrogen-bond acceptors (Lipinski definition) is 1. The molecule has 0 unspecified atom stereocenters. The van der Waals surface area contributed by atoms with Gasteiger partial charge >= 0.3 is 103 Å². The van der Waals surface area contributed by atoms with Gasteiger partial charge in [0.05, 0.1) is 0 Å². The van der Waals surface area contributed by atoms with Gasteiger partial charge in [-0.1, -0.05) is 0 Å². The van der Waals surface area contributed by atoms with E-state index in [0.29, 0.717) is 0 Å². The van der Waals surface area contributed by atoms with E-state index < -0.39 is 5.96 Å². The van der Waals surface area contributed by atoms with Gasteiger partial charge in [0.2, 0.25) is 0 Å². The van der Waals surface area contributed by atoms with Crippen molar-refractivity contribution < 1.29 is 0 Å². The summed E-state index contributed by atoms with van der Waals surface area (Å²) in [6.07, 6.45) is 3.09. The van der Waals surface area contributed by atoms with E-state index in [1.54, 1.807) is 0 Å². The van der Waals surface area contributed by atoms with Crippen LogP contribution in [0.2, 0.25) is 0 Å². The third kappa shape index (κ3) is 7.54. The molecule has 0 aromatic heterocycles. The maximum absolute atomic E-state index is 6.45. The fourth-order valence-corrected chi connectivity index (χ4v) is 2.88. The van der Waals surface area contributed by atoms with Crippen LogP contribution in [0.3, 0.4) is 0 Å². The van der Waals surface area contributed by atoms with E-state index >= 15 is 0 Å². The summed E-state index contributed by atoms with van der Waals surface area (Å²) in [6, 6.07) is 0. The van der Waals surface area contributed by atoms with E-state index in [9.17, 15) is 0 Å². The minimum atomic E-state index is -1.88. The normalized spacial score (nSPS) is 16.8. The molecule has 14 heavy (non-hydrogen) atoms. The van der Waals surface area contributed by atoms with Crippen LogP contribution >= 0.6 is 40.8 Å². The molecule has 88 valence electrons. The molecule has 0 saturated heterocycles. The number of nitrogens with zero attached hydrogens (tertiary/aromatic N) is 1. The van der Waals surface area contributed by atoms with Gasteiger partial charge in [-0.3, -0.25) is 0 Å². The second-order valence-electron chi connectivity index (χ2n) is 5.79. The number of halogens is 3. The van der Waals surface area contributed by atoms with Crippen molar-refractivity contribution in [3.63, 3.8) is 0 Å². The molecule has 0 saturated carbocycles. The molecule has 1 nitrogen and oxygen atoms in total. The van der Waals surface area contributed by atoms with Gasteiger partial charge in [-0.2, -0.15) is 0 Å². The maximum atomic E-state index is 6.45. The quantitative estimate of drug-likeness (QED) is 0.519. The molecule has 0 spiro atoms. The minimum absolute atomic E-state index is 0.172. The monoisotopic (exact) mass is 279 g/mol. The zero-order valence-electron chi connectivity index (χ0n) is 9.65. The molecule has 0 aliphatic carbocycles. The molecule has 0 radical (unpaired) electrons. The van der Waals surface area contributed by atoms with E-state index in [1.165, 1.54) is 3.94 Å². The van der Waals surface area contributed by atoms with Crippen LogP contribution in [0.4, 0.5) is 0 Å². The second kappa shape index (κ2) is 4.63. The number of hydrogen-bond donors (Lipinski definition) is 0. The number of rotatable bonds is 5. The molecule has 0 aromatic rings. The van der Waals surface area contributed by atoms with Gasteiger partial charge in [0.15, 0.2) is 0 Å². The van der Waals surface area contributed by atoms with E-state index in [2.05, 4.69) is 20.0 Å². The zero-order valence-corrected chi connectivity index (χ0v) is 12.8. The second-order valence-corrected chi connectivity index (χ2v) is 16.7. The van der Waals surface area contributed by atoms with Crippen LogP contribution < -0.4 is 0 Å². The molecule has 0 aliphatic rings. The Balaban J connectivity index is 3.99. The first kappa shape index (κ1) is 15.3. The van der Waals surface area contributed by atoms with Crippen LogP contribution in [0, 0.1) is 0 Å². The predicted octanol–water partition coefficient (Wildman–Crippen LogP) is 4.75. The van der Waals surface area contributed by atoms with Crippen LogP contribution in [0.15, 0.2) is 0 Å². The summed E-state index contributed by atoms with van der Waals surface area (Å²) >= 11 is 17.9. The molecular weight excluding hydrogens is 259 g/mol. The summed E-state index contributed by atoms with van der Waals surface area (Å²) in [5, 5.41) is 0. The van der Waals surface area contributed by atoms with Crippen molar-refractivity contribution in [2.24, 2.45) is 0 Å². The summed E-state index contributed by atoms with van der Waals surface area (Å²) in [5.41, 5.74) is -0.172. The van der Waals surface area contributed by atoms with E-state index in [0.717, 1.165) is 19.0 Å². The molecule has 0 N–H and O–H groups in total. The summed E-state index contributed by atoms with van der Waals surface area (Å²) in [4.78, 5) is 0. The van der Waals surface area contributed by atoms with Crippen molar-refractivity contribution in [2.75, 3.05) is 26.2 Å². The standard InChI is InChI=1S/C9H21Cl3NP/c1-9(2,13(10)11)7-6-8-14(3,4,5)12/h6-8H2,1-5H3. The Morgan fingerprint density at radius 3 is 1.86 bits per heavy atom. The van der Waals surface area contributed by atoms with E-state index in [-0.39, 0.29) is 5.54 Å². The summed E-state index contributed by atoms with van der Waals surface area (Å²) in [7, 11) is 0. The summed E-state index contributed by atoms with van der Waals surface area (Å²) in [6.45, 7) is 10.5. The molecule has 5 heteroatoms. The Morgan fingerprint density at radius 2 is 1.57 bits per heavy atom.